The molecule has 0 atom stereocenters. The first kappa shape index (κ1) is 15.0. The lowest BCUT2D eigenvalue weighted by molar-refractivity contribution is 0.408. The van der Waals surface area contributed by atoms with E-state index in [1.165, 1.54) is 11.1 Å². The number of nitrogens with one attached hydrogen (secondary N) is 2. The molecule has 1 aromatic carbocycles. The van der Waals surface area contributed by atoms with Gasteiger partial charge in [0.05, 0.1) is 7.11 Å². The van der Waals surface area contributed by atoms with Crippen LogP contribution in [-0.4, -0.2) is 27.4 Å². The number of methoxy groups -OCH3 is 1. The highest BCUT2D eigenvalue weighted by atomic mass is 16.5. The number of hydrogen-bond donors (Lipinski definition) is 2. The van der Waals surface area contributed by atoms with Crippen LogP contribution in [0, 0.1) is 0 Å². The van der Waals surface area contributed by atoms with Gasteiger partial charge in [-0.15, -0.1) is 0 Å². The first-order valence-electron chi connectivity index (χ1n) is 6.51. The van der Waals surface area contributed by atoms with E-state index in [4.69, 9.17) is 4.74 Å². The fourth-order valence-corrected chi connectivity index (χ4v) is 1.88. The molecule has 2 N–H and O–H groups in total. The summed E-state index contributed by atoms with van der Waals surface area (Å²) in [6.07, 6.45) is 0.981. The van der Waals surface area contributed by atoms with E-state index in [1.807, 2.05) is 7.05 Å². The monoisotopic (exact) mass is 250 g/mol. The van der Waals surface area contributed by atoms with Crippen LogP contribution in [0.1, 0.15) is 31.9 Å². The average molecular weight is 250 g/mol. The zero-order valence-corrected chi connectivity index (χ0v) is 12.3. The van der Waals surface area contributed by atoms with Crippen LogP contribution in [-0.2, 0) is 11.8 Å². The van der Waals surface area contributed by atoms with Gasteiger partial charge in [-0.1, -0.05) is 32.9 Å². The van der Waals surface area contributed by atoms with Gasteiger partial charge in [-0.05, 0) is 36.1 Å². The normalized spacial score (nSPS) is 11.6. The standard InChI is InChI=1S/C15H26N2O/c1-15(2,3)13-6-7-14(18-5)12(10-13)8-9-17-11-16-4/h6-7,10,16-17H,8-9,11H2,1-5H3. The molecular weight excluding hydrogens is 224 g/mol. The molecule has 0 saturated carbocycles. The maximum atomic E-state index is 5.43. The highest BCUT2D eigenvalue weighted by Gasteiger charge is 2.15. The molecule has 0 aliphatic rings. The second-order valence-corrected chi connectivity index (χ2v) is 5.56. The zero-order valence-electron chi connectivity index (χ0n) is 12.3. The quantitative estimate of drug-likeness (QED) is 0.600. The van der Waals surface area contributed by atoms with E-state index in [0.29, 0.717) is 0 Å². The number of ether oxygens (including phenoxy) is 1. The molecule has 0 heterocycles. The number of rotatable bonds is 6. The summed E-state index contributed by atoms with van der Waals surface area (Å²) in [6.45, 7) is 8.49. The van der Waals surface area contributed by atoms with Gasteiger partial charge in [-0.25, -0.2) is 0 Å². The topological polar surface area (TPSA) is 33.3 Å². The summed E-state index contributed by atoms with van der Waals surface area (Å²) in [4.78, 5) is 0. The van der Waals surface area contributed by atoms with Gasteiger partial charge in [-0.3, -0.25) is 0 Å². The van der Waals surface area contributed by atoms with Gasteiger partial charge in [0.1, 0.15) is 5.75 Å². The fourth-order valence-electron chi connectivity index (χ4n) is 1.88. The van der Waals surface area contributed by atoms with Crippen LogP contribution < -0.4 is 15.4 Å². The Bertz CT molecular complexity index is 369. The molecule has 1 aromatic rings. The Kier molecular flexibility index (Phi) is 5.63. The van der Waals surface area contributed by atoms with Crippen molar-refractivity contribution in [1.29, 1.82) is 0 Å². The molecule has 0 bridgehead atoms. The Balaban J connectivity index is 2.79. The molecule has 3 nitrogen and oxygen atoms in total. The van der Waals surface area contributed by atoms with E-state index in [9.17, 15) is 0 Å². The lowest BCUT2D eigenvalue weighted by atomic mass is 9.85. The molecule has 3 heteroatoms. The average Bonchev–Trinajstić information content (AvgIpc) is 2.33. The molecule has 0 spiro atoms. The first-order chi connectivity index (χ1) is 8.49. The number of hydrogen-bond acceptors (Lipinski definition) is 3. The van der Waals surface area contributed by atoms with E-state index in [-0.39, 0.29) is 5.41 Å². The predicted molar refractivity (Wildman–Crippen MR) is 77.3 cm³/mol. The van der Waals surface area contributed by atoms with E-state index in [1.54, 1.807) is 7.11 Å². The third-order valence-electron chi connectivity index (χ3n) is 3.02. The third-order valence-corrected chi connectivity index (χ3v) is 3.02. The van der Waals surface area contributed by atoms with Crippen molar-refractivity contribution < 1.29 is 4.74 Å². The van der Waals surface area contributed by atoms with Crippen molar-refractivity contribution in [2.45, 2.75) is 32.6 Å². The summed E-state index contributed by atoms with van der Waals surface area (Å²) < 4.78 is 5.43. The van der Waals surface area contributed by atoms with E-state index in [0.717, 1.165) is 25.4 Å². The van der Waals surface area contributed by atoms with Crippen LogP contribution in [0.15, 0.2) is 18.2 Å². The minimum atomic E-state index is 0.180. The van der Waals surface area contributed by atoms with Crippen LogP contribution in [0.4, 0.5) is 0 Å². The molecule has 0 aliphatic carbocycles. The van der Waals surface area contributed by atoms with Crippen LogP contribution in [0.2, 0.25) is 0 Å². The van der Waals surface area contributed by atoms with Crippen LogP contribution in [0.3, 0.4) is 0 Å². The van der Waals surface area contributed by atoms with Gasteiger partial charge in [0.15, 0.2) is 0 Å². The van der Waals surface area contributed by atoms with Gasteiger partial charge < -0.3 is 15.4 Å². The molecule has 0 aromatic heterocycles. The maximum absolute atomic E-state index is 5.43. The Morgan fingerprint density at radius 3 is 2.50 bits per heavy atom. The van der Waals surface area contributed by atoms with E-state index < -0.39 is 0 Å². The molecule has 0 aliphatic heterocycles. The molecular formula is C15H26N2O. The third kappa shape index (κ3) is 4.31. The molecule has 1 rings (SSSR count). The van der Waals surface area contributed by atoms with Gasteiger partial charge in [0.25, 0.3) is 0 Å². The largest absolute Gasteiger partial charge is 0.496 e. The maximum Gasteiger partial charge on any atom is 0.122 e. The Morgan fingerprint density at radius 2 is 1.94 bits per heavy atom. The number of benzene rings is 1. The molecule has 18 heavy (non-hydrogen) atoms. The second kappa shape index (κ2) is 6.76. The molecule has 0 fully saturated rings. The van der Waals surface area contributed by atoms with Crippen molar-refractivity contribution in [3.05, 3.63) is 29.3 Å². The van der Waals surface area contributed by atoms with Crippen molar-refractivity contribution in [2.75, 3.05) is 27.4 Å². The molecule has 0 amide bonds. The summed E-state index contributed by atoms with van der Waals surface area (Å²) in [6, 6.07) is 6.50. The van der Waals surface area contributed by atoms with Crippen molar-refractivity contribution >= 4 is 0 Å². The summed E-state index contributed by atoms with van der Waals surface area (Å²) in [7, 11) is 3.67. The minimum absolute atomic E-state index is 0.180. The van der Waals surface area contributed by atoms with Gasteiger partial charge in [-0.2, -0.15) is 0 Å². The Morgan fingerprint density at radius 1 is 1.22 bits per heavy atom. The van der Waals surface area contributed by atoms with Crippen LogP contribution in [0.25, 0.3) is 0 Å². The minimum Gasteiger partial charge on any atom is -0.496 e. The van der Waals surface area contributed by atoms with Gasteiger partial charge in [0.2, 0.25) is 0 Å². The zero-order chi connectivity index (χ0) is 13.6. The lowest BCUT2D eigenvalue weighted by Crippen LogP contribution is -2.27. The highest BCUT2D eigenvalue weighted by Crippen LogP contribution is 2.28. The highest BCUT2D eigenvalue weighted by molar-refractivity contribution is 5.39. The molecule has 102 valence electrons. The summed E-state index contributed by atoms with van der Waals surface area (Å²) >= 11 is 0. The van der Waals surface area contributed by atoms with Crippen molar-refractivity contribution in [1.82, 2.24) is 10.6 Å². The predicted octanol–water partition coefficient (Wildman–Crippen LogP) is 2.30. The fraction of sp³-hybridized carbons (Fsp3) is 0.600. The molecule has 0 radical (unpaired) electrons. The SMILES string of the molecule is CNCNCCc1cc(C(C)(C)C)ccc1OC. The second-order valence-electron chi connectivity index (χ2n) is 5.56. The van der Waals surface area contributed by atoms with Gasteiger partial charge in [0, 0.05) is 13.2 Å². The first-order valence-corrected chi connectivity index (χ1v) is 6.51. The summed E-state index contributed by atoms with van der Waals surface area (Å²) in [5.74, 6) is 0.981. The van der Waals surface area contributed by atoms with Crippen molar-refractivity contribution in [2.24, 2.45) is 0 Å². The van der Waals surface area contributed by atoms with Crippen molar-refractivity contribution in [3.63, 3.8) is 0 Å². The van der Waals surface area contributed by atoms with Crippen molar-refractivity contribution in [3.8, 4) is 5.75 Å². The smallest absolute Gasteiger partial charge is 0.122 e. The van der Waals surface area contributed by atoms with E-state index >= 15 is 0 Å². The van der Waals surface area contributed by atoms with Crippen LogP contribution in [0.5, 0.6) is 5.75 Å². The van der Waals surface area contributed by atoms with E-state index in [2.05, 4.69) is 49.6 Å². The molecule has 0 unspecified atom stereocenters. The lowest BCUT2D eigenvalue weighted by Gasteiger charge is -2.21. The van der Waals surface area contributed by atoms with Gasteiger partial charge >= 0.3 is 0 Å². The summed E-state index contributed by atoms with van der Waals surface area (Å²) in [5, 5.41) is 6.40. The Labute approximate surface area is 111 Å². The van der Waals surface area contributed by atoms with Crippen LogP contribution >= 0.6 is 0 Å². The summed E-state index contributed by atoms with van der Waals surface area (Å²) in [5.41, 5.74) is 2.81. The Hall–Kier alpha value is -1.06. The molecule has 0 saturated heterocycles.